The monoisotopic (exact) mass is 444 g/mol. The molecule has 0 aromatic heterocycles. The lowest BCUT2D eigenvalue weighted by Crippen LogP contribution is -2.25. The van der Waals surface area contributed by atoms with Gasteiger partial charge in [0, 0.05) is 29.3 Å². The predicted molar refractivity (Wildman–Crippen MR) is 119 cm³/mol. The number of anilines is 1. The zero-order valence-corrected chi connectivity index (χ0v) is 17.7. The highest BCUT2D eigenvalue weighted by atomic mass is 32.2. The normalized spacial score (nSPS) is 11.1. The van der Waals surface area contributed by atoms with Gasteiger partial charge in [-0.15, -0.1) is 0 Å². The molecule has 0 bridgehead atoms. The largest absolute Gasteiger partial charge is 0.351 e. The van der Waals surface area contributed by atoms with Crippen molar-refractivity contribution in [2.45, 2.75) is 10.6 Å². The van der Waals surface area contributed by atoms with E-state index in [-0.39, 0.29) is 16.5 Å². The molecule has 0 saturated heterocycles. The van der Waals surface area contributed by atoms with Gasteiger partial charge in [0.25, 0.3) is 15.9 Å². The van der Waals surface area contributed by atoms with Crippen LogP contribution in [0.25, 0.3) is 0 Å². The van der Waals surface area contributed by atoms with Crippen molar-refractivity contribution in [3.05, 3.63) is 95.8 Å². The summed E-state index contributed by atoms with van der Waals surface area (Å²) in [5.74, 6) is 0.941. The average Bonchev–Trinajstić information content (AvgIpc) is 2.76. The predicted octanol–water partition coefficient (Wildman–Crippen LogP) is 4.29. The maximum atomic E-state index is 13.0. The molecule has 30 heavy (non-hydrogen) atoms. The highest BCUT2D eigenvalue weighted by Gasteiger charge is 2.15. The average molecular weight is 445 g/mol. The zero-order chi connectivity index (χ0) is 21.4. The number of thioether (sulfide) groups is 1. The molecule has 3 rings (SSSR count). The first-order valence-electron chi connectivity index (χ1n) is 9.22. The smallest absolute Gasteiger partial charge is 0.261 e. The van der Waals surface area contributed by atoms with Crippen molar-refractivity contribution in [3.8, 4) is 0 Å². The maximum Gasteiger partial charge on any atom is 0.261 e. The number of sulfonamides is 1. The van der Waals surface area contributed by atoms with E-state index >= 15 is 0 Å². The van der Waals surface area contributed by atoms with Crippen LogP contribution in [-0.4, -0.2) is 26.6 Å². The van der Waals surface area contributed by atoms with E-state index in [2.05, 4.69) is 22.2 Å². The number of halogens is 1. The fraction of sp³-hybridized carbons (Fsp3) is 0.136. The Balaban J connectivity index is 1.49. The molecule has 8 heteroatoms. The molecular formula is C22H21FN2O3S2. The van der Waals surface area contributed by atoms with Crippen molar-refractivity contribution in [1.29, 1.82) is 0 Å². The Morgan fingerprint density at radius 3 is 2.23 bits per heavy atom. The number of carbonyl (C=O) groups excluding carboxylic acids is 1. The van der Waals surface area contributed by atoms with Gasteiger partial charge < -0.3 is 5.32 Å². The molecule has 0 unspecified atom stereocenters. The van der Waals surface area contributed by atoms with Gasteiger partial charge >= 0.3 is 0 Å². The summed E-state index contributed by atoms with van der Waals surface area (Å²) in [5, 5.41) is 2.83. The van der Waals surface area contributed by atoms with Crippen LogP contribution in [0.5, 0.6) is 0 Å². The van der Waals surface area contributed by atoms with Crippen LogP contribution in [0.3, 0.4) is 0 Å². The Labute approximate surface area is 179 Å². The van der Waals surface area contributed by atoms with E-state index in [0.29, 0.717) is 12.1 Å². The minimum atomic E-state index is -3.83. The van der Waals surface area contributed by atoms with Gasteiger partial charge in [-0.2, -0.15) is 11.8 Å². The van der Waals surface area contributed by atoms with E-state index in [4.69, 9.17) is 0 Å². The molecule has 1 amide bonds. The van der Waals surface area contributed by atoms with Gasteiger partial charge in [0.2, 0.25) is 0 Å². The van der Waals surface area contributed by atoms with Gasteiger partial charge in [0.1, 0.15) is 5.82 Å². The third kappa shape index (κ3) is 6.33. The summed E-state index contributed by atoms with van der Waals surface area (Å²) < 4.78 is 40.2. The zero-order valence-electron chi connectivity index (χ0n) is 16.0. The van der Waals surface area contributed by atoms with Crippen molar-refractivity contribution in [3.63, 3.8) is 0 Å². The van der Waals surface area contributed by atoms with Crippen molar-refractivity contribution < 1.29 is 17.6 Å². The lowest BCUT2D eigenvalue weighted by atomic mass is 10.2. The molecule has 0 radical (unpaired) electrons. The van der Waals surface area contributed by atoms with Crippen LogP contribution in [0.1, 0.15) is 15.9 Å². The standard InChI is InChI=1S/C22H21FN2O3S2/c23-19-8-10-20(11-9-19)25-30(27,28)21-12-6-18(7-13-21)22(26)24-14-15-29-16-17-4-2-1-3-5-17/h1-13,25H,14-16H2,(H,24,26). The van der Waals surface area contributed by atoms with Gasteiger partial charge in [-0.1, -0.05) is 30.3 Å². The van der Waals surface area contributed by atoms with Gasteiger partial charge in [0.15, 0.2) is 0 Å². The fourth-order valence-corrected chi connectivity index (χ4v) is 4.50. The van der Waals surface area contributed by atoms with E-state index in [1.165, 1.54) is 54.1 Å². The van der Waals surface area contributed by atoms with Crippen molar-refractivity contribution in [2.75, 3.05) is 17.0 Å². The van der Waals surface area contributed by atoms with Gasteiger partial charge in [0.05, 0.1) is 4.90 Å². The SMILES string of the molecule is O=C(NCCSCc1ccccc1)c1ccc(S(=O)(=O)Nc2ccc(F)cc2)cc1. The summed E-state index contributed by atoms with van der Waals surface area (Å²) in [7, 11) is -3.83. The number of benzene rings is 3. The third-order valence-corrected chi connectivity index (χ3v) is 6.59. The summed E-state index contributed by atoms with van der Waals surface area (Å²) in [4.78, 5) is 12.3. The lowest BCUT2D eigenvalue weighted by Gasteiger charge is -2.09. The number of nitrogens with one attached hydrogen (secondary N) is 2. The Kier molecular flexibility index (Phi) is 7.48. The van der Waals surface area contributed by atoms with Crippen LogP contribution in [0.2, 0.25) is 0 Å². The van der Waals surface area contributed by atoms with Gasteiger partial charge in [-0.25, -0.2) is 12.8 Å². The van der Waals surface area contributed by atoms with E-state index in [9.17, 15) is 17.6 Å². The van der Waals surface area contributed by atoms with Crippen molar-refractivity contribution in [1.82, 2.24) is 5.32 Å². The molecule has 0 heterocycles. The molecule has 0 spiro atoms. The van der Waals surface area contributed by atoms with Crippen LogP contribution >= 0.6 is 11.8 Å². The molecule has 0 saturated carbocycles. The lowest BCUT2D eigenvalue weighted by molar-refractivity contribution is 0.0956. The fourth-order valence-electron chi connectivity index (χ4n) is 2.62. The highest BCUT2D eigenvalue weighted by Crippen LogP contribution is 2.17. The van der Waals surface area contributed by atoms with Crippen LogP contribution in [0.15, 0.2) is 83.8 Å². The van der Waals surface area contributed by atoms with Crippen LogP contribution in [0.4, 0.5) is 10.1 Å². The molecule has 3 aromatic rings. The third-order valence-electron chi connectivity index (χ3n) is 4.17. The number of rotatable bonds is 9. The molecule has 2 N–H and O–H groups in total. The number of hydrogen-bond donors (Lipinski definition) is 2. The number of amides is 1. The second-order valence-corrected chi connectivity index (χ2v) is 9.22. The summed E-state index contributed by atoms with van der Waals surface area (Å²) in [6, 6.07) is 20.8. The topological polar surface area (TPSA) is 75.3 Å². The van der Waals surface area contributed by atoms with E-state index < -0.39 is 15.8 Å². The Hall–Kier alpha value is -2.84. The maximum absolute atomic E-state index is 13.0. The van der Waals surface area contributed by atoms with Crippen LogP contribution in [0, 0.1) is 5.82 Å². The second-order valence-electron chi connectivity index (χ2n) is 6.43. The molecule has 3 aromatic carbocycles. The van der Waals surface area contributed by atoms with Crippen LogP contribution < -0.4 is 10.0 Å². The first kappa shape index (κ1) is 21.9. The molecular weight excluding hydrogens is 423 g/mol. The molecule has 0 aliphatic rings. The van der Waals surface area contributed by atoms with Crippen LogP contribution in [-0.2, 0) is 15.8 Å². The van der Waals surface area contributed by atoms with E-state index in [1.807, 2.05) is 18.2 Å². The minimum absolute atomic E-state index is 0.0155. The molecule has 156 valence electrons. The second kappa shape index (κ2) is 10.3. The molecule has 5 nitrogen and oxygen atoms in total. The Bertz CT molecular complexity index is 1070. The number of carbonyl (C=O) groups is 1. The highest BCUT2D eigenvalue weighted by molar-refractivity contribution is 7.98. The molecule has 0 aliphatic carbocycles. The first-order chi connectivity index (χ1) is 14.4. The summed E-state index contributed by atoms with van der Waals surface area (Å²) in [6.45, 7) is 0.516. The summed E-state index contributed by atoms with van der Waals surface area (Å²) >= 11 is 1.73. The first-order valence-corrected chi connectivity index (χ1v) is 11.9. The summed E-state index contributed by atoms with van der Waals surface area (Å²) in [6.07, 6.45) is 0. The number of hydrogen-bond acceptors (Lipinski definition) is 4. The molecule has 0 atom stereocenters. The van der Waals surface area contributed by atoms with Gasteiger partial charge in [-0.3, -0.25) is 9.52 Å². The van der Waals surface area contributed by atoms with Crippen molar-refractivity contribution >= 4 is 33.4 Å². The van der Waals surface area contributed by atoms with Gasteiger partial charge in [-0.05, 0) is 54.1 Å². The molecule has 0 fully saturated rings. The quantitative estimate of drug-likeness (QED) is 0.483. The van der Waals surface area contributed by atoms with Crippen molar-refractivity contribution in [2.24, 2.45) is 0 Å². The van der Waals surface area contributed by atoms with E-state index in [0.717, 1.165) is 11.5 Å². The Morgan fingerprint density at radius 1 is 0.900 bits per heavy atom. The van der Waals surface area contributed by atoms with E-state index in [1.54, 1.807) is 11.8 Å². The molecule has 0 aliphatic heterocycles. The Morgan fingerprint density at radius 2 is 1.57 bits per heavy atom. The minimum Gasteiger partial charge on any atom is -0.351 e. The summed E-state index contributed by atoms with van der Waals surface area (Å²) in [5.41, 5.74) is 1.87.